The molecule has 2 N–H and O–H groups in total. The first-order valence-electron chi connectivity index (χ1n) is 6.74. The highest BCUT2D eigenvalue weighted by atomic mass is 35.5. The van der Waals surface area contributed by atoms with Crippen LogP contribution in [0.2, 0.25) is 5.02 Å². The minimum atomic E-state index is -0.280. The van der Waals surface area contributed by atoms with Crippen LogP contribution in [0, 0.1) is 6.92 Å². The van der Waals surface area contributed by atoms with E-state index in [0.717, 1.165) is 18.7 Å². The van der Waals surface area contributed by atoms with Crippen molar-refractivity contribution < 1.29 is 4.79 Å². The van der Waals surface area contributed by atoms with E-state index >= 15 is 0 Å². The number of pyridine rings is 2. The number of hydrogen-bond acceptors (Lipinski definition) is 4. The quantitative estimate of drug-likeness (QED) is 0.887. The zero-order valence-electron chi connectivity index (χ0n) is 12.0. The summed E-state index contributed by atoms with van der Waals surface area (Å²) in [4.78, 5) is 20.6. The van der Waals surface area contributed by atoms with Crippen LogP contribution in [0.15, 0.2) is 30.6 Å². The average molecular weight is 305 g/mol. The Kier molecular flexibility index (Phi) is 5.11. The van der Waals surface area contributed by atoms with E-state index in [-0.39, 0.29) is 5.91 Å². The van der Waals surface area contributed by atoms with Gasteiger partial charge < -0.3 is 10.6 Å². The predicted octanol–water partition coefficient (Wildman–Crippen LogP) is 3.51. The maximum absolute atomic E-state index is 12.3. The molecule has 0 saturated carbocycles. The summed E-state index contributed by atoms with van der Waals surface area (Å²) >= 11 is 6.06. The number of amides is 1. The Hall–Kier alpha value is -2.14. The summed E-state index contributed by atoms with van der Waals surface area (Å²) in [5.74, 6) is 0.354. The van der Waals surface area contributed by atoms with Gasteiger partial charge in [0.05, 0.1) is 22.0 Å². The van der Waals surface area contributed by atoms with Gasteiger partial charge in [-0.3, -0.25) is 9.78 Å². The van der Waals surface area contributed by atoms with Crippen LogP contribution in [0.3, 0.4) is 0 Å². The summed E-state index contributed by atoms with van der Waals surface area (Å²) in [6, 6.07) is 5.22. The van der Waals surface area contributed by atoms with E-state index in [1.54, 1.807) is 24.4 Å². The molecule has 2 aromatic heterocycles. The summed E-state index contributed by atoms with van der Waals surface area (Å²) in [5.41, 5.74) is 1.80. The molecule has 21 heavy (non-hydrogen) atoms. The molecule has 0 spiro atoms. The summed E-state index contributed by atoms with van der Waals surface area (Å²) in [6.45, 7) is 4.68. The molecule has 2 aromatic rings. The smallest absolute Gasteiger partial charge is 0.257 e. The number of rotatable bonds is 5. The number of anilines is 2. The molecule has 0 unspecified atom stereocenters. The third-order valence-electron chi connectivity index (χ3n) is 2.91. The van der Waals surface area contributed by atoms with Crippen molar-refractivity contribution in [3.05, 3.63) is 46.9 Å². The predicted molar refractivity (Wildman–Crippen MR) is 85.0 cm³/mol. The molecular weight excluding hydrogens is 288 g/mol. The maximum atomic E-state index is 12.3. The van der Waals surface area contributed by atoms with Crippen LogP contribution in [0.4, 0.5) is 11.5 Å². The lowest BCUT2D eigenvalue weighted by molar-refractivity contribution is 0.102. The minimum Gasteiger partial charge on any atom is -0.370 e. The maximum Gasteiger partial charge on any atom is 0.257 e. The summed E-state index contributed by atoms with van der Waals surface area (Å²) in [7, 11) is 0. The Morgan fingerprint density at radius 3 is 2.90 bits per heavy atom. The van der Waals surface area contributed by atoms with Gasteiger partial charge in [-0.15, -0.1) is 0 Å². The van der Waals surface area contributed by atoms with Crippen LogP contribution in [0.5, 0.6) is 0 Å². The van der Waals surface area contributed by atoms with Gasteiger partial charge in [0.1, 0.15) is 5.82 Å². The molecule has 0 radical (unpaired) electrons. The second-order valence-electron chi connectivity index (χ2n) is 4.57. The molecule has 0 saturated heterocycles. The van der Waals surface area contributed by atoms with Gasteiger partial charge in [0.2, 0.25) is 0 Å². The summed E-state index contributed by atoms with van der Waals surface area (Å²) < 4.78 is 0. The lowest BCUT2D eigenvalue weighted by Crippen LogP contribution is -2.14. The average Bonchev–Trinajstić information content (AvgIpc) is 2.48. The van der Waals surface area contributed by atoms with Gasteiger partial charge in [0.15, 0.2) is 0 Å². The number of nitrogens with zero attached hydrogens (tertiary/aromatic N) is 2. The highest BCUT2D eigenvalue weighted by Crippen LogP contribution is 2.20. The van der Waals surface area contributed by atoms with Crippen LogP contribution in [0.1, 0.15) is 29.4 Å². The molecule has 0 aliphatic rings. The highest BCUT2D eigenvalue weighted by Gasteiger charge is 2.13. The van der Waals surface area contributed by atoms with Crippen LogP contribution < -0.4 is 10.6 Å². The van der Waals surface area contributed by atoms with Gasteiger partial charge in [-0.2, -0.15) is 0 Å². The normalized spacial score (nSPS) is 10.2. The van der Waals surface area contributed by atoms with Gasteiger partial charge in [0.25, 0.3) is 5.91 Å². The molecule has 2 rings (SSSR count). The van der Waals surface area contributed by atoms with Crippen LogP contribution in [0.25, 0.3) is 0 Å². The number of hydrogen-bond donors (Lipinski definition) is 2. The molecule has 1 amide bonds. The van der Waals surface area contributed by atoms with Crippen molar-refractivity contribution in [1.82, 2.24) is 9.97 Å². The second-order valence-corrected chi connectivity index (χ2v) is 4.97. The first kappa shape index (κ1) is 15.3. The minimum absolute atomic E-state index is 0.280. The van der Waals surface area contributed by atoms with Gasteiger partial charge in [0, 0.05) is 18.9 Å². The fourth-order valence-corrected chi connectivity index (χ4v) is 1.96. The molecule has 2 heterocycles. The third kappa shape index (κ3) is 3.92. The Morgan fingerprint density at radius 2 is 2.19 bits per heavy atom. The van der Waals surface area contributed by atoms with Crippen molar-refractivity contribution in [2.45, 2.75) is 20.3 Å². The standard InChI is InChI=1S/C15H17ClN4O/c1-3-6-18-14-8-11(12(16)9-19-14)15(21)20-13-5-4-7-17-10(13)2/h4-5,7-9H,3,6H2,1-2H3,(H,18,19)(H,20,21). The van der Waals surface area contributed by atoms with Crippen molar-refractivity contribution in [2.75, 3.05) is 17.2 Å². The van der Waals surface area contributed by atoms with Crippen LogP contribution in [-0.4, -0.2) is 22.4 Å². The van der Waals surface area contributed by atoms with E-state index in [4.69, 9.17) is 11.6 Å². The molecule has 0 atom stereocenters. The summed E-state index contributed by atoms with van der Waals surface area (Å²) in [6.07, 6.45) is 4.13. The molecule has 110 valence electrons. The van der Waals surface area contributed by atoms with Crippen molar-refractivity contribution in [3.63, 3.8) is 0 Å². The van der Waals surface area contributed by atoms with E-state index in [2.05, 4.69) is 27.5 Å². The molecular formula is C15H17ClN4O. The van der Waals surface area contributed by atoms with E-state index < -0.39 is 0 Å². The van der Waals surface area contributed by atoms with E-state index in [1.165, 1.54) is 6.20 Å². The van der Waals surface area contributed by atoms with E-state index in [1.807, 2.05) is 6.92 Å². The van der Waals surface area contributed by atoms with Gasteiger partial charge in [-0.25, -0.2) is 4.98 Å². The van der Waals surface area contributed by atoms with E-state index in [9.17, 15) is 4.79 Å². The highest BCUT2D eigenvalue weighted by molar-refractivity contribution is 6.34. The molecule has 6 heteroatoms. The molecule has 0 aliphatic carbocycles. The van der Waals surface area contributed by atoms with E-state index in [0.29, 0.717) is 22.1 Å². The number of carbonyl (C=O) groups excluding carboxylic acids is 1. The molecule has 0 bridgehead atoms. The van der Waals surface area contributed by atoms with Gasteiger partial charge in [-0.1, -0.05) is 18.5 Å². The number of aromatic nitrogens is 2. The largest absolute Gasteiger partial charge is 0.370 e. The molecule has 5 nitrogen and oxygen atoms in total. The fraction of sp³-hybridized carbons (Fsp3) is 0.267. The SMILES string of the molecule is CCCNc1cc(C(=O)Nc2cccnc2C)c(Cl)cn1. The second kappa shape index (κ2) is 7.04. The monoisotopic (exact) mass is 304 g/mol. The van der Waals surface area contributed by atoms with Crippen LogP contribution >= 0.6 is 11.6 Å². The molecule has 0 aromatic carbocycles. The van der Waals surface area contributed by atoms with Crippen molar-refractivity contribution >= 4 is 29.0 Å². The topological polar surface area (TPSA) is 66.9 Å². The zero-order valence-corrected chi connectivity index (χ0v) is 12.7. The Morgan fingerprint density at radius 1 is 1.38 bits per heavy atom. The lowest BCUT2D eigenvalue weighted by atomic mass is 10.2. The Labute approximate surface area is 128 Å². The first-order valence-corrected chi connectivity index (χ1v) is 7.12. The fourth-order valence-electron chi connectivity index (χ4n) is 1.77. The zero-order chi connectivity index (χ0) is 15.2. The number of halogens is 1. The third-order valence-corrected chi connectivity index (χ3v) is 3.21. The Balaban J connectivity index is 2.20. The van der Waals surface area contributed by atoms with Gasteiger partial charge in [-0.05, 0) is 31.5 Å². The van der Waals surface area contributed by atoms with Crippen molar-refractivity contribution in [2.24, 2.45) is 0 Å². The van der Waals surface area contributed by atoms with Crippen molar-refractivity contribution in [3.8, 4) is 0 Å². The molecule has 0 fully saturated rings. The van der Waals surface area contributed by atoms with Gasteiger partial charge >= 0.3 is 0 Å². The number of carbonyl (C=O) groups is 1. The summed E-state index contributed by atoms with van der Waals surface area (Å²) in [5, 5.41) is 6.25. The molecule has 0 aliphatic heterocycles. The lowest BCUT2D eigenvalue weighted by Gasteiger charge is -2.10. The first-order chi connectivity index (χ1) is 10.1. The van der Waals surface area contributed by atoms with Crippen molar-refractivity contribution in [1.29, 1.82) is 0 Å². The number of nitrogens with one attached hydrogen (secondary N) is 2. The van der Waals surface area contributed by atoms with Crippen LogP contribution in [-0.2, 0) is 0 Å². The number of aryl methyl sites for hydroxylation is 1. The Bertz CT molecular complexity index is 645.